The van der Waals surface area contributed by atoms with E-state index in [1.807, 2.05) is 6.08 Å². The Morgan fingerprint density at radius 2 is 1.32 bits per heavy atom. The van der Waals surface area contributed by atoms with Gasteiger partial charge in [-0.05, 0) is 63.4 Å². The monoisotopic (exact) mass is 430 g/mol. The van der Waals surface area contributed by atoms with Crippen molar-refractivity contribution in [2.75, 3.05) is 0 Å². The second-order valence-electron chi connectivity index (χ2n) is 10.3. The number of aliphatic hydroxyl groups is 1. The van der Waals surface area contributed by atoms with Crippen LogP contribution in [0.3, 0.4) is 0 Å². The predicted molar refractivity (Wildman–Crippen MR) is 131 cm³/mol. The molecule has 0 heterocycles. The number of allylic oxidation sites excluding steroid dienone is 5. The van der Waals surface area contributed by atoms with E-state index < -0.39 is 11.6 Å². The Morgan fingerprint density at radius 3 is 1.87 bits per heavy atom. The third-order valence-corrected chi connectivity index (χ3v) is 6.82. The van der Waals surface area contributed by atoms with Crippen molar-refractivity contribution >= 4 is 11.6 Å². The molecule has 31 heavy (non-hydrogen) atoms. The maximum Gasteiger partial charge on any atom is 0.233 e. The lowest BCUT2D eigenvalue weighted by Gasteiger charge is -2.16. The van der Waals surface area contributed by atoms with E-state index in [4.69, 9.17) is 0 Å². The molecular formula is C28H46O3. The molecule has 1 N–H and O–H groups in total. The minimum Gasteiger partial charge on any atom is -0.507 e. The van der Waals surface area contributed by atoms with E-state index >= 15 is 0 Å². The van der Waals surface area contributed by atoms with Crippen molar-refractivity contribution in [2.24, 2.45) is 17.8 Å². The fraction of sp³-hybridized carbons (Fsp3) is 0.714. The molecule has 0 fully saturated rings. The first-order valence-electron chi connectivity index (χ1n) is 12.4. The normalized spacial score (nSPS) is 17.7. The van der Waals surface area contributed by atoms with Crippen LogP contribution >= 0.6 is 0 Å². The molecule has 2 atom stereocenters. The number of carbonyl (C=O) groups is 2. The molecule has 0 radical (unpaired) electrons. The van der Waals surface area contributed by atoms with Gasteiger partial charge < -0.3 is 5.11 Å². The Balaban J connectivity index is 2.32. The summed E-state index contributed by atoms with van der Waals surface area (Å²) in [6.45, 7) is 14.7. The smallest absolute Gasteiger partial charge is 0.233 e. The Morgan fingerprint density at radius 1 is 0.806 bits per heavy atom. The van der Waals surface area contributed by atoms with E-state index in [-0.39, 0.29) is 11.3 Å². The molecule has 3 heteroatoms. The van der Waals surface area contributed by atoms with Gasteiger partial charge in [-0.2, -0.15) is 0 Å². The van der Waals surface area contributed by atoms with E-state index in [9.17, 15) is 14.7 Å². The lowest BCUT2D eigenvalue weighted by Crippen LogP contribution is -2.24. The summed E-state index contributed by atoms with van der Waals surface area (Å²) in [5.41, 5.74) is 2.33. The van der Waals surface area contributed by atoms with Crippen LogP contribution in [0, 0.1) is 17.8 Å². The third kappa shape index (κ3) is 9.58. The van der Waals surface area contributed by atoms with Gasteiger partial charge in [-0.25, -0.2) is 0 Å². The van der Waals surface area contributed by atoms with Crippen LogP contribution < -0.4 is 0 Å². The lowest BCUT2D eigenvalue weighted by atomic mass is 9.88. The molecule has 176 valence electrons. The molecule has 1 aliphatic rings. The zero-order valence-electron chi connectivity index (χ0n) is 21.1. The van der Waals surface area contributed by atoms with Crippen molar-refractivity contribution in [3.05, 3.63) is 34.1 Å². The number of carbonyl (C=O) groups excluding carboxylic acids is 2. The zero-order chi connectivity index (χ0) is 23.6. The maximum atomic E-state index is 12.2. The van der Waals surface area contributed by atoms with Crippen LogP contribution in [-0.4, -0.2) is 16.7 Å². The van der Waals surface area contributed by atoms with Gasteiger partial charge in [0.1, 0.15) is 5.76 Å². The first-order valence-corrected chi connectivity index (χ1v) is 12.4. The van der Waals surface area contributed by atoms with Crippen molar-refractivity contribution in [3.8, 4) is 0 Å². The van der Waals surface area contributed by atoms with Gasteiger partial charge >= 0.3 is 0 Å². The van der Waals surface area contributed by atoms with Gasteiger partial charge in [-0.3, -0.25) is 9.59 Å². The molecule has 1 rings (SSSR count). The van der Waals surface area contributed by atoms with E-state index in [0.29, 0.717) is 17.6 Å². The standard InChI is InChI=1S/C28H46O3/c1-19(2)11-8-12-20(3)13-9-14-21(4)15-10-16-22(5)17-18-25-26(29)23(6)24(7)27(30)28(25)31/h17,19-21,29H,8-16,18H2,1-7H3. The Bertz CT molecular complexity index is 706. The first kappa shape index (κ1) is 27.4. The van der Waals surface area contributed by atoms with Crippen LogP contribution in [0.25, 0.3) is 0 Å². The van der Waals surface area contributed by atoms with E-state index in [1.165, 1.54) is 50.5 Å². The van der Waals surface area contributed by atoms with E-state index in [0.717, 1.165) is 30.6 Å². The molecular weight excluding hydrogens is 384 g/mol. The average Bonchev–Trinajstić information content (AvgIpc) is 2.70. The number of Topliss-reactive ketones (excluding diaryl/α,β-unsaturated/α-hetero) is 2. The van der Waals surface area contributed by atoms with Gasteiger partial charge in [0, 0.05) is 11.1 Å². The van der Waals surface area contributed by atoms with E-state index in [1.54, 1.807) is 13.8 Å². The number of ketones is 2. The largest absolute Gasteiger partial charge is 0.507 e. The zero-order valence-corrected chi connectivity index (χ0v) is 21.1. The van der Waals surface area contributed by atoms with Gasteiger partial charge in [0.05, 0.1) is 0 Å². The molecule has 0 saturated carbocycles. The van der Waals surface area contributed by atoms with Gasteiger partial charge in [0.2, 0.25) is 11.6 Å². The summed E-state index contributed by atoms with van der Waals surface area (Å²) in [4.78, 5) is 24.2. The fourth-order valence-electron chi connectivity index (χ4n) is 4.26. The molecule has 2 unspecified atom stereocenters. The Labute approximate surface area is 191 Å². The van der Waals surface area contributed by atoms with Crippen LogP contribution in [0.2, 0.25) is 0 Å². The number of rotatable bonds is 14. The molecule has 0 aromatic heterocycles. The van der Waals surface area contributed by atoms with Crippen molar-refractivity contribution in [1.29, 1.82) is 0 Å². The Kier molecular flexibility index (Phi) is 12.1. The summed E-state index contributed by atoms with van der Waals surface area (Å²) < 4.78 is 0. The number of aliphatic hydroxyl groups excluding tert-OH is 1. The molecule has 0 aromatic carbocycles. The minimum absolute atomic E-state index is 0.0155. The van der Waals surface area contributed by atoms with Gasteiger partial charge in [0.25, 0.3) is 0 Å². The maximum absolute atomic E-state index is 12.2. The second-order valence-corrected chi connectivity index (χ2v) is 10.3. The van der Waals surface area contributed by atoms with Crippen molar-refractivity contribution in [1.82, 2.24) is 0 Å². The molecule has 1 aliphatic carbocycles. The van der Waals surface area contributed by atoms with Crippen molar-refractivity contribution in [3.63, 3.8) is 0 Å². The average molecular weight is 431 g/mol. The molecule has 3 nitrogen and oxygen atoms in total. The molecule has 0 aliphatic heterocycles. The number of hydrogen-bond donors (Lipinski definition) is 1. The van der Waals surface area contributed by atoms with Crippen LogP contribution in [0.15, 0.2) is 34.1 Å². The topological polar surface area (TPSA) is 54.4 Å². The summed E-state index contributed by atoms with van der Waals surface area (Å²) >= 11 is 0. The summed E-state index contributed by atoms with van der Waals surface area (Å²) in [5.74, 6) is 1.35. The summed E-state index contributed by atoms with van der Waals surface area (Å²) in [6, 6.07) is 0. The SMILES string of the molecule is CC(=CCC1=C(O)C(C)=C(C)C(=O)C1=O)CCCC(C)CCCC(C)CCCC(C)C. The highest BCUT2D eigenvalue weighted by Gasteiger charge is 2.30. The molecule has 0 amide bonds. The molecule has 0 spiro atoms. The summed E-state index contributed by atoms with van der Waals surface area (Å²) in [6.07, 6.45) is 13.8. The van der Waals surface area contributed by atoms with Gasteiger partial charge in [0.15, 0.2) is 0 Å². The van der Waals surface area contributed by atoms with Gasteiger partial charge in [-0.1, -0.05) is 84.3 Å². The highest BCUT2D eigenvalue weighted by atomic mass is 16.3. The second kappa shape index (κ2) is 13.7. The predicted octanol–water partition coefficient (Wildman–Crippen LogP) is 8.06. The summed E-state index contributed by atoms with van der Waals surface area (Å²) in [7, 11) is 0. The highest BCUT2D eigenvalue weighted by Crippen LogP contribution is 2.27. The lowest BCUT2D eigenvalue weighted by molar-refractivity contribution is -0.132. The fourth-order valence-corrected chi connectivity index (χ4v) is 4.26. The van der Waals surface area contributed by atoms with Gasteiger partial charge in [-0.15, -0.1) is 0 Å². The Hall–Kier alpha value is -1.64. The van der Waals surface area contributed by atoms with Crippen molar-refractivity contribution < 1.29 is 14.7 Å². The van der Waals surface area contributed by atoms with Crippen LogP contribution in [0.5, 0.6) is 0 Å². The highest BCUT2D eigenvalue weighted by molar-refractivity contribution is 6.50. The first-order chi connectivity index (χ1) is 14.5. The minimum atomic E-state index is -0.559. The third-order valence-electron chi connectivity index (χ3n) is 6.82. The van der Waals surface area contributed by atoms with Crippen molar-refractivity contribution in [2.45, 2.75) is 113 Å². The van der Waals surface area contributed by atoms with Crippen LogP contribution in [0.4, 0.5) is 0 Å². The molecule has 0 saturated heterocycles. The summed E-state index contributed by atoms with van der Waals surface area (Å²) in [5, 5.41) is 10.3. The van der Waals surface area contributed by atoms with Crippen LogP contribution in [-0.2, 0) is 9.59 Å². The number of hydrogen-bond acceptors (Lipinski definition) is 3. The van der Waals surface area contributed by atoms with E-state index in [2.05, 4.69) is 34.6 Å². The molecule has 0 bridgehead atoms. The molecule has 0 aromatic rings. The van der Waals surface area contributed by atoms with Crippen LogP contribution in [0.1, 0.15) is 113 Å². The quantitative estimate of drug-likeness (QED) is 0.172.